The summed E-state index contributed by atoms with van der Waals surface area (Å²) in [5, 5.41) is 7.91. The predicted molar refractivity (Wildman–Crippen MR) is 113 cm³/mol. The van der Waals surface area contributed by atoms with Gasteiger partial charge in [0.1, 0.15) is 5.71 Å². The molecule has 30 heavy (non-hydrogen) atoms. The Kier molecular flexibility index (Phi) is 5.23. The van der Waals surface area contributed by atoms with Gasteiger partial charge < -0.3 is 20.0 Å². The molecule has 7 nitrogen and oxygen atoms in total. The first-order chi connectivity index (χ1) is 14.6. The fourth-order valence-electron chi connectivity index (χ4n) is 4.94. The number of amides is 2. The van der Waals surface area contributed by atoms with E-state index in [4.69, 9.17) is 4.84 Å². The number of likely N-dealkylation sites (tertiary alicyclic amines) is 2. The highest BCUT2D eigenvalue weighted by Gasteiger charge is 2.53. The van der Waals surface area contributed by atoms with Crippen LogP contribution in [-0.2, 0) is 21.0 Å². The van der Waals surface area contributed by atoms with Gasteiger partial charge in [-0.2, -0.15) is 0 Å². The van der Waals surface area contributed by atoms with Crippen molar-refractivity contribution in [1.82, 2.24) is 15.1 Å². The van der Waals surface area contributed by atoms with E-state index in [1.165, 1.54) is 5.56 Å². The quantitative estimate of drug-likeness (QED) is 0.805. The molecule has 2 saturated heterocycles. The first-order valence-electron chi connectivity index (χ1n) is 11.2. The lowest BCUT2D eigenvalue weighted by Crippen LogP contribution is -2.63. The maximum absolute atomic E-state index is 12.9. The van der Waals surface area contributed by atoms with E-state index >= 15 is 0 Å². The molecule has 0 aromatic heterocycles. The van der Waals surface area contributed by atoms with Crippen LogP contribution in [0, 0.1) is 5.92 Å². The molecule has 1 saturated carbocycles. The number of hydrogen-bond acceptors (Lipinski definition) is 5. The van der Waals surface area contributed by atoms with Gasteiger partial charge in [0.15, 0.2) is 5.60 Å². The Morgan fingerprint density at radius 2 is 1.83 bits per heavy atom. The van der Waals surface area contributed by atoms with E-state index in [1.54, 1.807) is 0 Å². The molecule has 3 heterocycles. The standard InChI is InChI=1S/C23H30N4O3/c28-21(18-8-9-18)27-13-10-20(24-15-17-6-2-1-3-7-17)23(16-27)14-19(25-30-23)22(29)26-11-4-5-12-26/h1-3,6-7,18,20,24H,4-5,8-16H2/t20-,23+/m0/s1. The molecule has 1 N–H and O–H groups in total. The molecule has 1 aromatic carbocycles. The summed E-state index contributed by atoms with van der Waals surface area (Å²) in [6.45, 7) is 3.54. The highest BCUT2D eigenvalue weighted by Crippen LogP contribution is 2.38. The van der Waals surface area contributed by atoms with E-state index in [9.17, 15) is 9.59 Å². The zero-order valence-corrected chi connectivity index (χ0v) is 17.4. The summed E-state index contributed by atoms with van der Waals surface area (Å²) in [6.07, 6.45) is 5.35. The van der Waals surface area contributed by atoms with Crippen molar-refractivity contribution in [3.05, 3.63) is 35.9 Å². The van der Waals surface area contributed by atoms with Crippen molar-refractivity contribution in [2.75, 3.05) is 26.2 Å². The molecule has 1 aliphatic carbocycles. The number of hydrogen-bond donors (Lipinski definition) is 1. The fourth-order valence-corrected chi connectivity index (χ4v) is 4.94. The summed E-state index contributed by atoms with van der Waals surface area (Å²) < 4.78 is 0. The van der Waals surface area contributed by atoms with Gasteiger partial charge in [-0.1, -0.05) is 35.5 Å². The Morgan fingerprint density at radius 3 is 2.57 bits per heavy atom. The lowest BCUT2D eigenvalue weighted by molar-refractivity contribution is -0.145. The lowest BCUT2D eigenvalue weighted by Gasteiger charge is -2.44. The van der Waals surface area contributed by atoms with Crippen molar-refractivity contribution in [2.45, 2.75) is 56.7 Å². The molecule has 7 heteroatoms. The number of oxime groups is 1. The molecule has 1 spiro atoms. The molecule has 160 valence electrons. The molecule has 0 bridgehead atoms. The average Bonchev–Trinajstić information content (AvgIpc) is 3.31. The van der Waals surface area contributed by atoms with Crippen LogP contribution in [0.5, 0.6) is 0 Å². The van der Waals surface area contributed by atoms with Gasteiger partial charge in [-0.25, -0.2) is 0 Å². The van der Waals surface area contributed by atoms with E-state index in [1.807, 2.05) is 28.0 Å². The summed E-state index contributed by atoms with van der Waals surface area (Å²) in [7, 11) is 0. The summed E-state index contributed by atoms with van der Waals surface area (Å²) in [5.41, 5.74) is 1.04. The number of benzene rings is 1. The van der Waals surface area contributed by atoms with Crippen LogP contribution in [0.15, 0.2) is 35.5 Å². The third-order valence-electron chi connectivity index (χ3n) is 6.86. The smallest absolute Gasteiger partial charge is 0.271 e. The minimum Gasteiger partial charge on any atom is -0.385 e. The van der Waals surface area contributed by atoms with Crippen molar-refractivity contribution in [2.24, 2.45) is 11.1 Å². The molecule has 3 fully saturated rings. The summed E-state index contributed by atoms with van der Waals surface area (Å²) in [5.74, 6) is 0.416. The van der Waals surface area contributed by atoms with Crippen LogP contribution >= 0.6 is 0 Å². The molecule has 4 aliphatic rings. The highest BCUT2D eigenvalue weighted by molar-refractivity contribution is 6.39. The van der Waals surface area contributed by atoms with E-state index in [-0.39, 0.29) is 23.8 Å². The van der Waals surface area contributed by atoms with Gasteiger partial charge in [0.25, 0.3) is 5.91 Å². The first-order valence-corrected chi connectivity index (χ1v) is 11.2. The van der Waals surface area contributed by atoms with Gasteiger partial charge >= 0.3 is 0 Å². The Labute approximate surface area is 177 Å². The Hall–Kier alpha value is -2.41. The molecule has 5 rings (SSSR count). The number of rotatable bonds is 5. The van der Waals surface area contributed by atoms with Crippen LogP contribution < -0.4 is 5.32 Å². The number of nitrogens with one attached hydrogen (secondary N) is 1. The largest absolute Gasteiger partial charge is 0.385 e. The van der Waals surface area contributed by atoms with Crippen LogP contribution in [0.1, 0.15) is 44.1 Å². The van der Waals surface area contributed by atoms with Crippen molar-refractivity contribution in [1.29, 1.82) is 0 Å². The first kappa shape index (κ1) is 19.5. The van der Waals surface area contributed by atoms with E-state index in [2.05, 4.69) is 22.6 Å². The number of nitrogens with zero attached hydrogens (tertiary/aromatic N) is 3. The maximum Gasteiger partial charge on any atom is 0.271 e. The van der Waals surface area contributed by atoms with Crippen LogP contribution in [0.2, 0.25) is 0 Å². The van der Waals surface area contributed by atoms with Gasteiger partial charge in [-0.05, 0) is 37.7 Å². The second-order valence-corrected chi connectivity index (χ2v) is 9.11. The van der Waals surface area contributed by atoms with Gasteiger partial charge in [0.05, 0.1) is 12.6 Å². The van der Waals surface area contributed by atoms with Crippen molar-refractivity contribution in [3.8, 4) is 0 Å². The van der Waals surface area contributed by atoms with Gasteiger partial charge in [0.2, 0.25) is 5.91 Å². The third-order valence-corrected chi connectivity index (χ3v) is 6.86. The van der Waals surface area contributed by atoms with Crippen LogP contribution in [-0.4, -0.2) is 65.1 Å². The Balaban J connectivity index is 1.31. The lowest BCUT2D eigenvalue weighted by atomic mass is 9.82. The molecular formula is C23H30N4O3. The average molecular weight is 411 g/mol. The van der Waals surface area contributed by atoms with Gasteiger partial charge in [-0.3, -0.25) is 9.59 Å². The minimum absolute atomic E-state index is 0.00294. The summed E-state index contributed by atoms with van der Waals surface area (Å²) in [6, 6.07) is 10.3. The zero-order chi connectivity index (χ0) is 20.6. The summed E-state index contributed by atoms with van der Waals surface area (Å²) >= 11 is 0. The number of piperidine rings is 1. The van der Waals surface area contributed by atoms with E-state index in [0.29, 0.717) is 18.7 Å². The molecule has 0 radical (unpaired) electrons. The molecular weight excluding hydrogens is 380 g/mol. The van der Waals surface area contributed by atoms with Crippen molar-refractivity contribution < 1.29 is 14.4 Å². The van der Waals surface area contributed by atoms with Crippen molar-refractivity contribution >= 4 is 17.5 Å². The number of carbonyl (C=O) groups excluding carboxylic acids is 2. The normalized spacial score (nSPS) is 28.5. The minimum atomic E-state index is -0.664. The summed E-state index contributed by atoms with van der Waals surface area (Å²) in [4.78, 5) is 35.5. The molecule has 2 amide bonds. The van der Waals surface area contributed by atoms with Gasteiger partial charge in [0, 0.05) is 38.5 Å². The van der Waals surface area contributed by atoms with Crippen LogP contribution in [0.3, 0.4) is 0 Å². The predicted octanol–water partition coefficient (Wildman–Crippen LogP) is 1.92. The molecule has 3 aliphatic heterocycles. The van der Waals surface area contributed by atoms with Crippen molar-refractivity contribution in [3.63, 3.8) is 0 Å². The molecule has 2 atom stereocenters. The Morgan fingerprint density at radius 1 is 1.07 bits per heavy atom. The van der Waals surface area contributed by atoms with Gasteiger partial charge in [-0.15, -0.1) is 0 Å². The molecule has 1 aromatic rings. The Bertz CT molecular complexity index is 832. The topological polar surface area (TPSA) is 74.2 Å². The number of carbonyl (C=O) groups is 2. The monoisotopic (exact) mass is 410 g/mol. The third kappa shape index (κ3) is 3.83. The second kappa shape index (κ2) is 8.02. The SMILES string of the molecule is O=C(C1=NO[C@]2(C1)CN(C(=O)C1CC1)CC[C@@H]2NCc1ccccc1)N1CCCC1. The van der Waals surface area contributed by atoms with E-state index in [0.717, 1.165) is 58.3 Å². The maximum atomic E-state index is 12.9. The fraction of sp³-hybridized carbons (Fsp3) is 0.609. The second-order valence-electron chi connectivity index (χ2n) is 9.11. The van der Waals surface area contributed by atoms with E-state index < -0.39 is 5.60 Å². The van der Waals surface area contributed by atoms with Crippen LogP contribution in [0.4, 0.5) is 0 Å². The zero-order valence-electron chi connectivity index (χ0n) is 17.4. The molecule has 0 unspecified atom stereocenters. The highest BCUT2D eigenvalue weighted by atomic mass is 16.7. The van der Waals surface area contributed by atoms with Crippen LogP contribution in [0.25, 0.3) is 0 Å².